The Morgan fingerprint density at radius 1 is 1.41 bits per heavy atom. The molecule has 1 aliphatic rings. The van der Waals surface area contributed by atoms with Gasteiger partial charge in [-0.25, -0.2) is 0 Å². The number of ether oxygens (including phenoxy) is 1. The van der Waals surface area contributed by atoms with Crippen molar-refractivity contribution < 1.29 is 4.74 Å². The number of hydrogen-bond acceptors (Lipinski definition) is 4. The van der Waals surface area contributed by atoms with E-state index in [0.717, 1.165) is 41.5 Å². The second-order valence-corrected chi connectivity index (χ2v) is 4.38. The lowest BCUT2D eigenvalue weighted by Gasteiger charge is -2.19. The third-order valence-corrected chi connectivity index (χ3v) is 3.02. The number of nitrogens with one attached hydrogen (secondary N) is 1. The Labute approximate surface area is 102 Å². The number of nitrogens with two attached hydrogens (primary N) is 1. The van der Waals surface area contributed by atoms with E-state index in [4.69, 9.17) is 10.5 Å². The third kappa shape index (κ3) is 2.35. The molecule has 2 rings (SSSR count). The summed E-state index contributed by atoms with van der Waals surface area (Å²) in [5.74, 6) is 1.79. The maximum absolute atomic E-state index is 5.97. The number of aliphatic imine (C=N–C) groups is 1. The number of benzene rings is 1. The van der Waals surface area contributed by atoms with E-state index >= 15 is 0 Å². The summed E-state index contributed by atoms with van der Waals surface area (Å²) in [6, 6.07) is 3.89. The van der Waals surface area contributed by atoms with Gasteiger partial charge in [0.05, 0.1) is 6.54 Å². The SMILES string of the molecule is Cc1ccc(N)c(C)c1OC(C)C1=NCCN1. The normalized spacial score (nSPS) is 16.3. The van der Waals surface area contributed by atoms with Crippen LogP contribution >= 0.6 is 0 Å². The molecule has 0 amide bonds. The molecule has 0 aromatic heterocycles. The third-order valence-electron chi connectivity index (χ3n) is 3.02. The summed E-state index contributed by atoms with van der Waals surface area (Å²) in [5.41, 5.74) is 8.75. The Balaban J connectivity index is 2.20. The van der Waals surface area contributed by atoms with Crippen LogP contribution < -0.4 is 15.8 Å². The van der Waals surface area contributed by atoms with Crippen molar-refractivity contribution in [2.45, 2.75) is 26.9 Å². The van der Waals surface area contributed by atoms with E-state index in [-0.39, 0.29) is 6.10 Å². The summed E-state index contributed by atoms with van der Waals surface area (Å²) in [4.78, 5) is 4.36. The fraction of sp³-hybridized carbons (Fsp3) is 0.462. The largest absolute Gasteiger partial charge is 0.482 e. The fourth-order valence-electron chi connectivity index (χ4n) is 1.94. The van der Waals surface area contributed by atoms with E-state index in [1.807, 2.05) is 32.9 Å². The van der Waals surface area contributed by atoms with Gasteiger partial charge in [-0.1, -0.05) is 6.07 Å². The summed E-state index contributed by atoms with van der Waals surface area (Å²) in [6.07, 6.45) is -0.0586. The first kappa shape index (κ1) is 11.8. The summed E-state index contributed by atoms with van der Waals surface area (Å²) in [5, 5.41) is 3.22. The second-order valence-electron chi connectivity index (χ2n) is 4.38. The van der Waals surface area contributed by atoms with E-state index in [1.165, 1.54) is 0 Å². The van der Waals surface area contributed by atoms with Crippen LogP contribution in [0.15, 0.2) is 17.1 Å². The standard InChI is InChI=1S/C13H19N3O/c1-8-4-5-11(14)9(2)12(8)17-10(3)13-15-6-7-16-13/h4-5,10H,6-7,14H2,1-3H3,(H,15,16). The summed E-state index contributed by atoms with van der Waals surface area (Å²) in [6.45, 7) is 7.74. The predicted molar refractivity (Wildman–Crippen MR) is 70.7 cm³/mol. The number of rotatable bonds is 3. The van der Waals surface area contributed by atoms with Gasteiger partial charge in [0.15, 0.2) is 6.10 Å². The molecule has 1 aromatic carbocycles. The van der Waals surface area contributed by atoms with Crippen molar-refractivity contribution in [2.24, 2.45) is 4.99 Å². The first-order valence-corrected chi connectivity index (χ1v) is 5.90. The van der Waals surface area contributed by atoms with Crippen molar-refractivity contribution in [1.29, 1.82) is 0 Å². The van der Waals surface area contributed by atoms with E-state index < -0.39 is 0 Å². The quantitative estimate of drug-likeness (QED) is 0.780. The van der Waals surface area contributed by atoms with Crippen LogP contribution in [0.2, 0.25) is 0 Å². The average molecular weight is 233 g/mol. The second kappa shape index (κ2) is 4.65. The molecule has 0 saturated carbocycles. The Bertz CT molecular complexity index is 454. The average Bonchev–Trinajstić information content (AvgIpc) is 2.83. The highest BCUT2D eigenvalue weighted by molar-refractivity contribution is 5.87. The summed E-state index contributed by atoms with van der Waals surface area (Å²) >= 11 is 0. The van der Waals surface area contributed by atoms with Crippen LogP contribution in [0.5, 0.6) is 5.75 Å². The lowest BCUT2D eigenvalue weighted by molar-refractivity contribution is 0.280. The van der Waals surface area contributed by atoms with E-state index in [9.17, 15) is 0 Å². The Morgan fingerprint density at radius 3 is 2.82 bits per heavy atom. The molecule has 17 heavy (non-hydrogen) atoms. The molecule has 4 heteroatoms. The Morgan fingerprint density at radius 2 is 2.18 bits per heavy atom. The lowest BCUT2D eigenvalue weighted by Crippen LogP contribution is -2.33. The fourth-order valence-corrected chi connectivity index (χ4v) is 1.94. The summed E-state index contributed by atoms with van der Waals surface area (Å²) in [7, 11) is 0. The zero-order valence-corrected chi connectivity index (χ0v) is 10.6. The van der Waals surface area contributed by atoms with Gasteiger partial charge in [0.1, 0.15) is 11.6 Å². The van der Waals surface area contributed by atoms with E-state index in [2.05, 4.69) is 10.3 Å². The van der Waals surface area contributed by atoms with Crippen LogP contribution in [0.3, 0.4) is 0 Å². The maximum Gasteiger partial charge on any atom is 0.152 e. The molecule has 1 aromatic rings. The smallest absolute Gasteiger partial charge is 0.152 e. The molecule has 1 unspecified atom stereocenters. The molecule has 92 valence electrons. The molecule has 3 N–H and O–H groups in total. The van der Waals surface area contributed by atoms with Crippen molar-refractivity contribution in [1.82, 2.24) is 5.32 Å². The molecule has 4 nitrogen and oxygen atoms in total. The van der Waals surface area contributed by atoms with Crippen LogP contribution in [-0.2, 0) is 0 Å². The Kier molecular flexibility index (Phi) is 3.22. The van der Waals surface area contributed by atoms with Gasteiger partial charge in [0.2, 0.25) is 0 Å². The highest BCUT2D eigenvalue weighted by atomic mass is 16.5. The van der Waals surface area contributed by atoms with Gasteiger partial charge < -0.3 is 15.8 Å². The zero-order valence-electron chi connectivity index (χ0n) is 10.6. The van der Waals surface area contributed by atoms with Gasteiger partial charge >= 0.3 is 0 Å². The molecule has 0 radical (unpaired) electrons. The van der Waals surface area contributed by atoms with Gasteiger partial charge in [-0.05, 0) is 32.4 Å². The van der Waals surface area contributed by atoms with Crippen molar-refractivity contribution >= 4 is 11.5 Å². The predicted octanol–water partition coefficient (Wildman–Crippen LogP) is 1.65. The number of nitrogens with zero attached hydrogens (tertiary/aromatic N) is 1. The molecule has 1 aliphatic heterocycles. The molecular weight excluding hydrogens is 214 g/mol. The van der Waals surface area contributed by atoms with E-state index in [0.29, 0.717) is 0 Å². The van der Waals surface area contributed by atoms with Crippen molar-refractivity contribution in [3.8, 4) is 5.75 Å². The monoisotopic (exact) mass is 233 g/mol. The minimum absolute atomic E-state index is 0.0586. The van der Waals surface area contributed by atoms with Crippen LogP contribution in [0.1, 0.15) is 18.1 Å². The van der Waals surface area contributed by atoms with Crippen LogP contribution in [0.25, 0.3) is 0 Å². The minimum atomic E-state index is -0.0586. The number of hydrogen-bond donors (Lipinski definition) is 2. The van der Waals surface area contributed by atoms with Gasteiger partial charge in [-0.2, -0.15) is 0 Å². The van der Waals surface area contributed by atoms with Gasteiger partial charge in [0.25, 0.3) is 0 Å². The minimum Gasteiger partial charge on any atom is -0.482 e. The number of nitrogen functional groups attached to an aromatic ring is 1. The number of amidine groups is 1. The molecule has 1 heterocycles. The highest BCUT2D eigenvalue weighted by Crippen LogP contribution is 2.28. The van der Waals surface area contributed by atoms with Crippen molar-refractivity contribution in [3.63, 3.8) is 0 Å². The molecule has 0 bridgehead atoms. The van der Waals surface area contributed by atoms with Crippen LogP contribution in [0.4, 0.5) is 5.69 Å². The number of anilines is 1. The molecule has 0 aliphatic carbocycles. The topological polar surface area (TPSA) is 59.6 Å². The van der Waals surface area contributed by atoms with Crippen molar-refractivity contribution in [2.75, 3.05) is 18.8 Å². The zero-order chi connectivity index (χ0) is 12.4. The van der Waals surface area contributed by atoms with Gasteiger partial charge in [0, 0.05) is 17.8 Å². The molecular formula is C13H19N3O. The lowest BCUT2D eigenvalue weighted by atomic mass is 10.1. The highest BCUT2D eigenvalue weighted by Gasteiger charge is 2.17. The van der Waals surface area contributed by atoms with E-state index in [1.54, 1.807) is 0 Å². The van der Waals surface area contributed by atoms with Crippen molar-refractivity contribution in [3.05, 3.63) is 23.3 Å². The van der Waals surface area contributed by atoms with Crippen LogP contribution in [0, 0.1) is 13.8 Å². The maximum atomic E-state index is 5.97. The number of aryl methyl sites for hydroxylation is 1. The summed E-state index contributed by atoms with van der Waals surface area (Å²) < 4.78 is 5.97. The first-order valence-electron chi connectivity index (χ1n) is 5.90. The Hall–Kier alpha value is -1.71. The molecule has 0 spiro atoms. The van der Waals surface area contributed by atoms with Crippen LogP contribution in [-0.4, -0.2) is 25.0 Å². The molecule has 1 atom stereocenters. The first-order chi connectivity index (χ1) is 8.09. The van der Waals surface area contributed by atoms with Gasteiger partial charge in [-0.15, -0.1) is 0 Å². The molecule has 0 fully saturated rings. The van der Waals surface area contributed by atoms with Gasteiger partial charge in [-0.3, -0.25) is 4.99 Å². The molecule has 0 saturated heterocycles.